The molecule has 0 unspecified atom stereocenters. The van der Waals surface area contributed by atoms with E-state index >= 15 is 0 Å². The minimum absolute atomic E-state index is 0.115. The fourth-order valence-corrected chi connectivity index (χ4v) is 2.71. The summed E-state index contributed by atoms with van der Waals surface area (Å²) >= 11 is 0. The SMILES string of the molecule is CC(C)(C)c1noc(-c2ccn3c(CC(=O)Nc4ccccc4)nnc3c2)n1. The van der Waals surface area contributed by atoms with Crippen LogP contribution in [0.5, 0.6) is 0 Å². The lowest BCUT2D eigenvalue weighted by Gasteiger charge is -2.10. The first-order chi connectivity index (χ1) is 13.4. The number of nitrogens with zero attached hydrogens (tertiary/aromatic N) is 5. The van der Waals surface area contributed by atoms with Gasteiger partial charge in [-0.1, -0.05) is 44.1 Å². The number of rotatable bonds is 4. The number of benzene rings is 1. The molecule has 142 valence electrons. The maximum Gasteiger partial charge on any atom is 0.258 e. The van der Waals surface area contributed by atoms with Crippen LogP contribution in [-0.4, -0.2) is 30.6 Å². The molecule has 0 spiro atoms. The average molecular weight is 376 g/mol. The summed E-state index contributed by atoms with van der Waals surface area (Å²) in [4.78, 5) is 16.7. The van der Waals surface area contributed by atoms with E-state index in [2.05, 4.69) is 25.7 Å². The van der Waals surface area contributed by atoms with Crippen molar-refractivity contribution in [2.75, 3.05) is 5.32 Å². The zero-order chi connectivity index (χ0) is 19.7. The van der Waals surface area contributed by atoms with Crippen LogP contribution in [0.3, 0.4) is 0 Å². The molecule has 8 heteroatoms. The molecule has 28 heavy (non-hydrogen) atoms. The Bertz CT molecular complexity index is 1120. The summed E-state index contributed by atoms with van der Waals surface area (Å²) in [5.74, 6) is 1.47. The maximum atomic E-state index is 12.3. The van der Waals surface area contributed by atoms with Gasteiger partial charge in [-0.15, -0.1) is 10.2 Å². The van der Waals surface area contributed by atoms with Gasteiger partial charge in [0.25, 0.3) is 5.89 Å². The van der Waals surface area contributed by atoms with E-state index < -0.39 is 0 Å². The normalized spacial score (nSPS) is 11.7. The number of hydrogen-bond donors (Lipinski definition) is 1. The lowest BCUT2D eigenvalue weighted by atomic mass is 9.96. The molecule has 0 fully saturated rings. The van der Waals surface area contributed by atoms with Crippen LogP contribution in [0.4, 0.5) is 5.69 Å². The summed E-state index contributed by atoms with van der Waals surface area (Å²) in [5.41, 5.74) is 1.91. The van der Waals surface area contributed by atoms with E-state index in [0.717, 1.165) is 11.3 Å². The summed E-state index contributed by atoms with van der Waals surface area (Å²) < 4.78 is 7.15. The molecule has 1 N–H and O–H groups in total. The van der Waals surface area contributed by atoms with E-state index in [4.69, 9.17) is 4.52 Å². The zero-order valence-electron chi connectivity index (χ0n) is 15.9. The maximum absolute atomic E-state index is 12.3. The van der Waals surface area contributed by atoms with Crippen LogP contribution in [0.15, 0.2) is 53.2 Å². The number of anilines is 1. The zero-order valence-corrected chi connectivity index (χ0v) is 15.9. The predicted octanol–water partition coefficient (Wildman–Crippen LogP) is 3.26. The highest BCUT2D eigenvalue weighted by molar-refractivity contribution is 5.91. The standard InChI is InChI=1S/C20H20N6O2/c1-20(2,3)19-22-18(28-25-19)13-9-10-26-15(11-13)23-24-16(26)12-17(27)21-14-7-5-4-6-8-14/h4-11H,12H2,1-3H3,(H,21,27). The van der Waals surface area contributed by atoms with Gasteiger partial charge >= 0.3 is 0 Å². The van der Waals surface area contributed by atoms with Gasteiger partial charge < -0.3 is 9.84 Å². The molecule has 8 nitrogen and oxygen atoms in total. The van der Waals surface area contributed by atoms with Gasteiger partial charge in [-0.25, -0.2) is 0 Å². The third kappa shape index (κ3) is 3.62. The van der Waals surface area contributed by atoms with Gasteiger partial charge in [0, 0.05) is 22.9 Å². The average Bonchev–Trinajstić information content (AvgIpc) is 3.30. The van der Waals surface area contributed by atoms with Gasteiger partial charge in [-0.3, -0.25) is 9.20 Å². The fraction of sp³-hybridized carbons (Fsp3) is 0.250. The van der Waals surface area contributed by atoms with Crippen LogP contribution in [0.25, 0.3) is 17.1 Å². The Morgan fingerprint density at radius 2 is 1.93 bits per heavy atom. The van der Waals surface area contributed by atoms with Crippen molar-refractivity contribution < 1.29 is 9.32 Å². The number of carbonyl (C=O) groups is 1. The van der Waals surface area contributed by atoms with E-state index in [-0.39, 0.29) is 17.7 Å². The van der Waals surface area contributed by atoms with Crippen LogP contribution in [0.1, 0.15) is 32.4 Å². The van der Waals surface area contributed by atoms with E-state index in [1.54, 1.807) is 10.6 Å². The third-order valence-electron chi connectivity index (χ3n) is 4.20. The summed E-state index contributed by atoms with van der Waals surface area (Å²) in [6, 6.07) is 13.0. The molecule has 4 rings (SSSR count). The minimum atomic E-state index is -0.194. The molecule has 0 saturated carbocycles. The topological polar surface area (TPSA) is 98.2 Å². The second-order valence-electron chi connectivity index (χ2n) is 7.52. The van der Waals surface area contributed by atoms with Crippen LogP contribution >= 0.6 is 0 Å². The van der Waals surface area contributed by atoms with E-state index in [1.165, 1.54) is 0 Å². The highest BCUT2D eigenvalue weighted by Crippen LogP contribution is 2.24. The van der Waals surface area contributed by atoms with Crippen molar-refractivity contribution in [2.24, 2.45) is 0 Å². The molecule has 0 atom stereocenters. The number of amides is 1. The number of carbonyl (C=O) groups excluding carboxylic acids is 1. The first-order valence-electron chi connectivity index (χ1n) is 8.93. The summed E-state index contributed by atoms with van der Waals surface area (Å²) in [6.45, 7) is 6.07. The second-order valence-corrected chi connectivity index (χ2v) is 7.52. The van der Waals surface area contributed by atoms with Crippen molar-refractivity contribution in [1.29, 1.82) is 0 Å². The molecule has 3 aromatic heterocycles. The van der Waals surface area contributed by atoms with Crippen molar-refractivity contribution in [3.05, 3.63) is 60.3 Å². The first-order valence-corrected chi connectivity index (χ1v) is 8.93. The molecule has 1 amide bonds. The monoisotopic (exact) mass is 376 g/mol. The van der Waals surface area contributed by atoms with Gasteiger partial charge in [-0.05, 0) is 24.3 Å². The van der Waals surface area contributed by atoms with Crippen LogP contribution in [0, 0.1) is 0 Å². The van der Waals surface area contributed by atoms with Crippen molar-refractivity contribution in [2.45, 2.75) is 32.6 Å². The van der Waals surface area contributed by atoms with Gasteiger partial charge in [0.1, 0.15) is 5.82 Å². The van der Waals surface area contributed by atoms with Crippen LogP contribution in [0.2, 0.25) is 0 Å². The Hall–Kier alpha value is -3.55. The molecule has 4 aromatic rings. The number of pyridine rings is 1. The third-order valence-corrected chi connectivity index (χ3v) is 4.20. The summed E-state index contributed by atoms with van der Waals surface area (Å²) in [7, 11) is 0. The lowest BCUT2D eigenvalue weighted by Crippen LogP contribution is -2.16. The van der Waals surface area contributed by atoms with E-state index in [1.807, 2.05) is 63.2 Å². The quantitative estimate of drug-likeness (QED) is 0.587. The van der Waals surface area contributed by atoms with Crippen molar-refractivity contribution in [3.8, 4) is 11.5 Å². The Kier molecular flexibility index (Phi) is 4.38. The largest absolute Gasteiger partial charge is 0.334 e. The summed E-state index contributed by atoms with van der Waals surface area (Å²) in [6.07, 6.45) is 1.92. The Morgan fingerprint density at radius 3 is 2.64 bits per heavy atom. The van der Waals surface area contributed by atoms with Gasteiger partial charge in [0.2, 0.25) is 5.91 Å². The first kappa shape index (κ1) is 17.8. The molecule has 0 bridgehead atoms. The smallest absolute Gasteiger partial charge is 0.258 e. The van der Waals surface area contributed by atoms with Crippen molar-refractivity contribution >= 4 is 17.2 Å². The molecule has 0 aliphatic carbocycles. The Balaban J connectivity index is 1.55. The Labute approximate surface area is 161 Å². The van der Waals surface area contributed by atoms with Crippen molar-refractivity contribution in [3.63, 3.8) is 0 Å². The lowest BCUT2D eigenvalue weighted by molar-refractivity contribution is -0.115. The van der Waals surface area contributed by atoms with Crippen molar-refractivity contribution in [1.82, 2.24) is 24.7 Å². The molecular formula is C20H20N6O2. The second kappa shape index (κ2) is 6.88. The summed E-state index contributed by atoms with van der Waals surface area (Å²) in [5, 5.41) is 15.2. The molecular weight excluding hydrogens is 356 g/mol. The number of hydrogen-bond acceptors (Lipinski definition) is 6. The highest BCUT2D eigenvalue weighted by Gasteiger charge is 2.22. The van der Waals surface area contributed by atoms with Gasteiger partial charge in [-0.2, -0.15) is 4.98 Å². The molecule has 0 radical (unpaired) electrons. The highest BCUT2D eigenvalue weighted by atomic mass is 16.5. The number of aromatic nitrogens is 5. The molecule has 0 aliphatic heterocycles. The van der Waals surface area contributed by atoms with Gasteiger partial charge in [0.05, 0.1) is 6.42 Å². The predicted molar refractivity (Wildman–Crippen MR) is 104 cm³/mol. The van der Waals surface area contributed by atoms with Gasteiger partial charge in [0.15, 0.2) is 11.5 Å². The Morgan fingerprint density at radius 1 is 1.14 bits per heavy atom. The fourth-order valence-electron chi connectivity index (χ4n) is 2.71. The van der Waals surface area contributed by atoms with Crippen LogP contribution < -0.4 is 5.32 Å². The molecule has 0 aliphatic rings. The number of para-hydroxylation sites is 1. The minimum Gasteiger partial charge on any atom is -0.334 e. The van der Waals surface area contributed by atoms with Crippen LogP contribution in [-0.2, 0) is 16.6 Å². The number of nitrogens with one attached hydrogen (secondary N) is 1. The molecule has 3 heterocycles. The number of fused-ring (bicyclic) bond motifs is 1. The van der Waals surface area contributed by atoms with E-state index in [0.29, 0.717) is 23.2 Å². The molecule has 0 saturated heterocycles. The van der Waals surface area contributed by atoms with E-state index in [9.17, 15) is 4.79 Å². The molecule has 1 aromatic carbocycles.